The second-order valence-electron chi connectivity index (χ2n) is 6.09. The fourth-order valence-electron chi connectivity index (χ4n) is 2.81. The number of benzene rings is 3. The Kier molecular flexibility index (Phi) is 5.73. The van der Waals surface area contributed by atoms with E-state index in [2.05, 4.69) is 20.5 Å². The van der Waals surface area contributed by atoms with Gasteiger partial charge in [0.25, 0.3) is 20.2 Å². The molecular weight excluding hydrogens is 450 g/mol. The van der Waals surface area contributed by atoms with Crippen molar-refractivity contribution in [1.29, 1.82) is 0 Å². The van der Waals surface area contributed by atoms with Crippen molar-refractivity contribution in [2.24, 2.45) is 20.5 Å². The Morgan fingerprint density at radius 1 is 0.871 bits per heavy atom. The van der Waals surface area contributed by atoms with Crippen LogP contribution in [0.1, 0.15) is 0 Å². The zero-order valence-electron chi connectivity index (χ0n) is 15.7. The van der Waals surface area contributed by atoms with Crippen molar-refractivity contribution >= 4 is 53.8 Å². The largest absolute Gasteiger partial charge is 0.505 e. The van der Waals surface area contributed by atoms with E-state index in [1.54, 1.807) is 30.3 Å². The minimum absolute atomic E-state index is 0.219. The minimum atomic E-state index is -5.02. The van der Waals surface area contributed by atoms with Crippen molar-refractivity contribution < 1.29 is 31.0 Å². The standard InChI is InChI=1S/C17H15N5O7S2/c1-19-21-11-8-12(30(24,25)26)10-7-13(31(27,28)29)16(17(23)14(10)15(11)18)22-20-9-5-3-2-4-6-9/h2-8,23H,18H2,1H3,(H,24,25,26)(H,27,28,29). The van der Waals surface area contributed by atoms with E-state index in [0.717, 1.165) is 6.07 Å². The number of rotatable bonds is 5. The van der Waals surface area contributed by atoms with Crippen LogP contribution in [0.15, 0.2) is 72.7 Å². The number of hydrogen-bond donors (Lipinski definition) is 4. The van der Waals surface area contributed by atoms with Crippen molar-refractivity contribution in [3.05, 3.63) is 42.5 Å². The molecule has 0 amide bonds. The van der Waals surface area contributed by atoms with Gasteiger partial charge < -0.3 is 10.8 Å². The summed E-state index contributed by atoms with van der Waals surface area (Å²) in [4.78, 5) is -1.77. The molecule has 3 aromatic carbocycles. The van der Waals surface area contributed by atoms with E-state index in [9.17, 15) is 31.0 Å². The van der Waals surface area contributed by atoms with E-state index in [0.29, 0.717) is 11.8 Å². The Bertz CT molecular complexity index is 1450. The van der Waals surface area contributed by atoms with E-state index in [1.165, 1.54) is 7.05 Å². The molecule has 0 aliphatic carbocycles. The molecule has 0 heterocycles. The van der Waals surface area contributed by atoms with Gasteiger partial charge in [-0.15, -0.1) is 5.11 Å². The maximum absolute atomic E-state index is 11.9. The van der Waals surface area contributed by atoms with Gasteiger partial charge >= 0.3 is 0 Å². The van der Waals surface area contributed by atoms with Gasteiger partial charge in [0.2, 0.25) is 0 Å². The van der Waals surface area contributed by atoms with Gasteiger partial charge in [-0.25, -0.2) is 0 Å². The van der Waals surface area contributed by atoms with Gasteiger partial charge in [0.05, 0.1) is 16.8 Å². The lowest BCUT2D eigenvalue weighted by Crippen LogP contribution is -2.04. The van der Waals surface area contributed by atoms with Crippen LogP contribution in [0.2, 0.25) is 0 Å². The first-order valence-corrected chi connectivity index (χ1v) is 11.2. The summed E-state index contributed by atoms with van der Waals surface area (Å²) in [5.41, 5.74) is 5.08. The Hall–Kier alpha value is -3.46. The first kappa shape index (κ1) is 22.2. The summed E-state index contributed by atoms with van der Waals surface area (Å²) in [7, 11) is -8.68. The van der Waals surface area contributed by atoms with Crippen molar-refractivity contribution in [3.8, 4) is 5.75 Å². The Labute approximate surface area is 176 Å². The molecule has 0 unspecified atom stereocenters. The second-order valence-corrected chi connectivity index (χ2v) is 8.87. The number of azo groups is 2. The number of hydrogen-bond acceptors (Lipinski definition) is 10. The third-order valence-electron chi connectivity index (χ3n) is 4.10. The lowest BCUT2D eigenvalue weighted by atomic mass is 10.0. The SMILES string of the molecule is CN=Nc1cc(S(=O)(=O)O)c2cc(S(=O)(=O)O)c(N=Nc3ccccc3)c(O)c2c1N. The van der Waals surface area contributed by atoms with Gasteiger partial charge in [0.15, 0.2) is 5.75 Å². The van der Waals surface area contributed by atoms with Crippen LogP contribution in [-0.4, -0.2) is 38.1 Å². The molecule has 31 heavy (non-hydrogen) atoms. The predicted molar refractivity (Wildman–Crippen MR) is 111 cm³/mol. The van der Waals surface area contributed by atoms with E-state index < -0.39 is 46.9 Å². The molecule has 0 aliphatic heterocycles. The molecule has 3 rings (SSSR count). The number of nitrogens with two attached hydrogens (primary N) is 1. The molecular formula is C17H15N5O7S2. The van der Waals surface area contributed by atoms with Crippen LogP contribution in [0.3, 0.4) is 0 Å². The molecule has 0 radical (unpaired) electrons. The molecule has 162 valence electrons. The van der Waals surface area contributed by atoms with Gasteiger partial charge in [-0.05, 0) is 24.3 Å². The monoisotopic (exact) mass is 465 g/mol. The average molecular weight is 465 g/mol. The molecule has 5 N–H and O–H groups in total. The fourth-order valence-corrected chi connectivity index (χ4v) is 4.16. The van der Waals surface area contributed by atoms with Crippen LogP contribution in [0.5, 0.6) is 5.75 Å². The highest BCUT2D eigenvalue weighted by atomic mass is 32.2. The lowest BCUT2D eigenvalue weighted by molar-refractivity contribution is 0.471. The first-order valence-electron chi connectivity index (χ1n) is 8.29. The van der Waals surface area contributed by atoms with E-state index in [4.69, 9.17) is 5.73 Å². The number of phenols is 1. The van der Waals surface area contributed by atoms with Crippen molar-refractivity contribution in [2.75, 3.05) is 12.8 Å². The molecule has 0 aromatic heterocycles. The normalized spacial score (nSPS) is 12.9. The molecule has 0 saturated carbocycles. The van der Waals surface area contributed by atoms with Crippen LogP contribution in [0.4, 0.5) is 22.7 Å². The number of nitrogen functional groups attached to an aromatic ring is 1. The lowest BCUT2D eigenvalue weighted by Gasteiger charge is -2.14. The Morgan fingerprint density at radius 3 is 2.03 bits per heavy atom. The molecule has 3 aromatic rings. The van der Waals surface area contributed by atoms with Crippen molar-refractivity contribution in [3.63, 3.8) is 0 Å². The van der Waals surface area contributed by atoms with Gasteiger partial charge in [0, 0.05) is 12.4 Å². The quantitative estimate of drug-likeness (QED) is 0.247. The second kappa shape index (κ2) is 7.99. The van der Waals surface area contributed by atoms with Gasteiger partial charge in [-0.2, -0.15) is 32.2 Å². The van der Waals surface area contributed by atoms with Gasteiger partial charge in [-0.1, -0.05) is 18.2 Å². The Balaban J connectivity index is 2.51. The number of anilines is 1. The smallest absolute Gasteiger partial charge is 0.296 e. The van der Waals surface area contributed by atoms with Gasteiger partial charge in [0.1, 0.15) is 21.2 Å². The highest BCUT2D eigenvalue weighted by Gasteiger charge is 2.28. The summed E-state index contributed by atoms with van der Waals surface area (Å²) in [6.07, 6.45) is 0. The molecule has 0 atom stereocenters. The molecule has 0 aliphatic rings. The van der Waals surface area contributed by atoms with E-state index in [1.807, 2.05) is 0 Å². The molecule has 14 heteroatoms. The van der Waals surface area contributed by atoms with Crippen LogP contribution in [-0.2, 0) is 20.2 Å². The molecule has 12 nitrogen and oxygen atoms in total. The van der Waals surface area contributed by atoms with Crippen LogP contribution >= 0.6 is 0 Å². The number of aromatic hydroxyl groups is 1. The maximum Gasteiger partial charge on any atom is 0.296 e. The number of nitrogens with zero attached hydrogens (tertiary/aromatic N) is 4. The van der Waals surface area contributed by atoms with Crippen LogP contribution in [0, 0.1) is 0 Å². The molecule has 0 bridgehead atoms. The van der Waals surface area contributed by atoms with Crippen molar-refractivity contribution in [2.45, 2.75) is 9.79 Å². The Morgan fingerprint density at radius 2 is 1.48 bits per heavy atom. The third-order valence-corrected chi connectivity index (χ3v) is 5.86. The minimum Gasteiger partial charge on any atom is -0.505 e. The highest BCUT2D eigenvalue weighted by Crippen LogP contribution is 2.48. The summed E-state index contributed by atoms with van der Waals surface area (Å²) >= 11 is 0. The maximum atomic E-state index is 11.9. The number of fused-ring (bicyclic) bond motifs is 1. The molecule has 0 saturated heterocycles. The molecule has 0 fully saturated rings. The highest BCUT2D eigenvalue weighted by molar-refractivity contribution is 7.86. The van der Waals surface area contributed by atoms with E-state index >= 15 is 0 Å². The zero-order valence-corrected chi connectivity index (χ0v) is 17.3. The zero-order chi connectivity index (χ0) is 23.0. The van der Waals surface area contributed by atoms with Crippen molar-refractivity contribution in [1.82, 2.24) is 0 Å². The molecule has 0 spiro atoms. The first-order chi connectivity index (χ1) is 14.4. The fraction of sp³-hybridized carbons (Fsp3) is 0.0588. The number of phenolic OH excluding ortho intramolecular Hbond substituents is 1. The summed E-state index contributed by atoms with van der Waals surface area (Å²) < 4.78 is 66.9. The van der Waals surface area contributed by atoms with Crippen LogP contribution < -0.4 is 5.73 Å². The topological polar surface area (TPSA) is 204 Å². The third kappa shape index (κ3) is 4.36. The summed E-state index contributed by atoms with van der Waals surface area (Å²) in [6, 6.07) is 9.61. The summed E-state index contributed by atoms with van der Waals surface area (Å²) in [6.45, 7) is 0. The summed E-state index contributed by atoms with van der Waals surface area (Å²) in [5.74, 6) is -0.902. The van der Waals surface area contributed by atoms with E-state index in [-0.39, 0.29) is 16.8 Å². The predicted octanol–water partition coefficient (Wildman–Crippen LogP) is 3.75. The van der Waals surface area contributed by atoms with Crippen LogP contribution in [0.25, 0.3) is 10.8 Å². The average Bonchev–Trinajstić information content (AvgIpc) is 2.68. The summed E-state index contributed by atoms with van der Waals surface area (Å²) in [5, 5.41) is 24.6. The van der Waals surface area contributed by atoms with Gasteiger partial charge in [-0.3, -0.25) is 9.11 Å².